The second kappa shape index (κ2) is 11.8. The Morgan fingerprint density at radius 2 is 1.89 bits per heavy atom. The van der Waals surface area contributed by atoms with E-state index in [0.29, 0.717) is 27.9 Å². The van der Waals surface area contributed by atoms with Crippen LogP contribution in [-0.2, 0) is 4.79 Å². The van der Waals surface area contributed by atoms with Crippen molar-refractivity contribution in [1.82, 2.24) is 10.3 Å². The molecule has 0 bridgehead atoms. The molecule has 2 aromatic heterocycles. The van der Waals surface area contributed by atoms with E-state index in [2.05, 4.69) is 20.9 Å². The van der Waals surface area contributed by atoms with Gasteiger partial charge in [-0.15, -0.1) is 11.3 Å². The Morgan fingerprint density at radius 1 is 1.17 bits per heavy atom. The normalized spacial score (nSPS) is 15.3. The fourth-order valence-electron chi connectivity index (χ4n) is 4.47. The molecule has 2 amide bonds. The second-order valence-electron chi connectivity index (χ2n) is 9.26. The molecule has 1 aromatic carbocycles. The highest BCUT2D eigenvalue weighted by molar-refractivity contribution is 7.14. The third kappa shape index (κ3) is 6.83. The van der Waals surface area contributed by atoms with Gasteiger partial charge in [0.2, 0.25) is 5.91 Å². The van der Waals surface area contributed by atoms with E-state index in [1.54, 1.807) is 12.3 Å². The quantitative estimate of drug-likeness (QED) is 0.287. The number of anilines is 2. The van der Waals surface area contributed by atoms with Gasteiger partial charge in [0.15, 0.2) is 0 Å². The van der Waals surface area contributed by atoms with Crippen LogP contribution in [0.25, 0.3) is 0 Å². The third-order valence-corrected chi connectivity index (χ3v) is 7.95. The molecule has 0 radical (unpaired) electrons. The predicted molar refractivity (Wildman–Crippen MR) is 143 cm³/mol. The Balaban J connectivity index is 1.43. The average Bonchev–Trinajstić information content (AvgIpc) is 3.55. The highest BCUT2D eigenvalue weighted by Gasteiger charge is 2.28. The molecule has 36 heavy (non-hydrogen) atoms. The molecule has 2 unspecified atom stereocenters. The molecule has 9 heteroatoms. The van der Waals surface area contributed by atoms with Crippen molar-refractivity contribution in [2.45, 2.75) is 58.0 Å². The van der Waals surface area contributed by atoms with E-state index in [0.717, 1.165) is 41.9 Å². The molecule has 1 aliphatic rings. The lowest BCUT2D eigenvalue weighted by atomic mass is 9.97. The lowest BCUT2D eigenvalue weighted by Crippen LogP contribution is -2.44. The summed E-state index contributed by atoms with van der Waals surface area (Å²) in [5.41, 5.74) is 2.17. The van der Waals surface area contributed by atoms with Gasteiger partial charge in [-0.3, -0.25) is 14.6 Å². The zero-order valence-corrected chi connectivity index (χ0v) is 21.9. The molecule has 1 saturated carbocycles. The SMILES string of the molecule is Cc1ncc(Cl)cc1NC(C)c1ccc(C(=O)NC(CC2CCCC2)C(=O)Nc2ccc(F)cc2)s1. The summed E-state index contributed by atoms with van der Waals surface area (Å²) in [6.07, 6.45) is 6.59. The third-order valence-electron chi connectivity index (χ3n) is 6.48. The summed E-state index contributed by atoms with van der Waals surface area (Å²) in [5, 5.41) is 9.71. The first-order valence-corrected chi connectivity index (χ1v) is 13.3. The van der Waals surface area contributed by atoms with Crippen molar-refractivity contribution in [1.29, 1.82) is 0 Å². The van der Waals surface area contributed by atoms with E-state index in [-0.39, 0.29) is 23.7 Å². The summed E-state index contributed by atoms with van der Waals surface area (Å²) in [4.78, 5) is 32.0. The first-order valence-electron chi connectivity index (χ1n) is 12.1. The molecule has 0 aliphatic heterocycles. The van der Waals surface area contributed by atoms with E-state index in [4.69, 9.17) is 11.6 Å². The molecule has 2 heterocycles. The van der Waals surface area contributed by atoms with Gasteiger partial charge < -0.3 is 16.0 Å². The fourth-order valence-corrected chi connectivity index (χ4v) is 5.54. The number of rotatable bonds is 9. The number of carbonyl (C=O) groups is 2. The monoisotopic (exact) mass is 528 g/mol. The number of nitrogens with one attached hydrogen (secondary N) is 3. The molecule has 2 atom stereocenters. The number of amides is 2. The fraction of sp³-hybridized carbons (Fsp3) is 0.370. The summed E-state index contributed by atoms with van der Waals surface area (Å²) < 4.78 is 13.2. The topological polar surface area (TPSA) is 83.1 Å². The number of aromatic nitrogens is 1. The minimum absolute atomic E-state index is 0.0634. The molecule has 3 aromatic rings. The van der Waals surface area contributed by atoms with Crippen LogP contribution in [0.4, 0.5) is 15.8 Å². The van der Waals surface area contributed by atoms with Gasteiger partial charge in [0.05, 0.1) is 27.3 Å². The van der Waals surface area contributed by atoms with Crippen molar-refractivity contribution in [2.75, 3.05) is 10.6 Å². The molecule has 190 valence electrons. The van der Waals surface area contributed by atoms with Crippen LogP contribution in [-0.4, -0.2) is 22.8 Å². The van der Waals surface area contributed by atoms with Crippen molar-refractivity contribution in [2.24, 2.45) is 5.92 Å². The minimum atomic E-state index is -0.674. The number of hydrogen-bond donors (Lipinski definition) is 3. The van der Waals surface area contributed by atoms with Crippen molar-refractivity contribution in [3.63, 3.8) is 0 Å². The molecular formula is C27H30ClFN4O2S. The zero-order chi connectivity index (χ0) is 25.7. The Morgan fingerprint density at radius 3 is 2.61 bits per heavy atom. The van der Waals surface area contributed by atoms with Crippen molar-refractivity contribution in [3.8, 4) is 0 Å². The summed E-state index contributed by atoms with van der Waals surface area (Å²) in [6, 6.07) is 10.4. The maximum absolute atomic E-state index is 13.2. The molecule has 0 saturated heterocycles. The highest BCUT2D eigenvalue weighted by atomic mass is 35.5. The maximum atomic E-state index is 13.2. The van der Waals surface area contributed by atoms with Gasteiger partial charge in [0.25, 0.3) is 5.91 Å². The first kappa shape index (κ1) is 26.1. The van der Waals surface area contributed by atoms with E-state index in [9.17, 15) is 14.0 Å². The summed E-state index contributed by atoms with van der Waals surface area (Å²) in [6.45, 7) is 3.91. The van der Waals surface area contributed by atoms with Crippen LogP contribution in [0, 0.1) is 18.7 Å². The van der Waals surface area contributed by atoms with Crippen LogP contribution in [0.1, 0.15) is 65.3 Å². The van der Waals surface area contributed by atoms with Crippen LogP contribution in [0.2, 0.25) is 5.02 Å². The van der Waals surface area contributed by atoms with Gasteiger partial charge in [-0.2, -0.15) is 0 Å². The van der Waals surface area contributed by atoms with E-state index in [1.165, 1.54) is 35.6 Å². The van der Waals surface area contributed by atoms with Gasteiger partial charge in [-0.25, -0.2) is 4.39 Å². The van der Waals surface area contributed by atoms with Gasteiger partial charge in [-0.05, 0) is 68.7 Å². The lowest BCUT2D eigenvalue weighted by Gasteiger charge is -2.21. The Hall–Kier alpha value is -2.97. The second-order valence-corrected chi connectivity index (χ2v) is 10.8. The summed E-state index contributed by atoms with van der Waals surface area (Å²) >= 11 is 7.46. The smallest absolute Gasteiger partial charge is 0.262 e. The van der Waals surface area contributed by atoms with Crippen molar-refractivity contribution in [3.05, 3.63) is 74.9 Å². The largest absolute Gasteiger partial charge is 0.376 e. The number of halogens is 2. The van der Waals surface area contributed by atoms with Crippen molar-refractivity contribution < 1.29 is 14.0 Å². The molecule has 0 spiro atoms. The standard InChI is InChI=1S/C27H30ClFN4O2S/c1-16-22(14-19(28)15-30-16)31-17(2)24-11-12-25(36-24)27(35)33-23(13-18-5-3-4-6-18)26(34)32-21-9-7-20(29)8-10-21/h7-12,14-15,17-18,23,31H,3-6,13H2,1-2H3,(H,32,34)(H,33,35). The van der Waals surface area contributed by atoms with E-state index < -0.39 is 6.04 Å². The molecule has 1 aliphatic carbocycles. The highest BCUT2D eigenvalue weighted by Crippen LogP contribution is 2.30. The van der Waals surface area contributed by atoms with Gasteiger partial charge in [0, 0.05) is 16.8 Å². The minimum Gasteiger partial charge on any atom is -0.376 e. The molecule has 6 nitrogen and oxygen atoms in total. The number of benzene rings is 1. The van der Waals surface area contributed by atoms with Crippen LogP contribution < -0.4 is 16.0 Å². The number of nitrogens with zero attached hydrogens (tertiary/aromatic N) is 1. The van der Waals surface area contributed by atoms with Crippen molar-refractivity contribution >= 4 is 46.1 Å². The Labute approximate surface area is 219 Å². The van der Waals surface area contributed by atoms with E-state index in [1.807, 2.05) is 26.0 Å². The Bertz CT molecular complexity index is 1210. The van der Waals surface area contributed by atoms with Crippen LogP contribution >= 0.6 is 22.9 Å². The van der Waals surface area contributed by atoms with Crippen LogP contribution in [0.5, 0.6) is 0 Å². The number of hydrogen-bond acceptors (Lipinski definition) is 5. The lowest BCUT2D eigenvalue weighted by molar-refractivity contribution is -0.118. The van der Waals surface area contributed by atoms with Gasteiger partial charge in [-0.1, -0.05) is 37.3 Å². The zero-order valence-electron chi connectivity index (χ0n) is 20.3. The molecule has 3 N–H and O–H groups in total. The molecular weight excluding hydrogens is 499 g/mol. The average molecular weight is 529 g/mol. The number of thiophene rings is 1. The molecule has 4 rings (SSSR count). The summed E-state index contributed by atoms with van der Waals surface area (Å²) in [5.74, 6) is -0.552. The van der Waals surface area contributed by atoms with Crippen LogP contribution in [0.15, 0.2) is 48.7 Å². The summed E-state index contributed by atoms with van der Waals surface area (Å²) in [7, 11) is 0. The number of pyridine rings is 1. The van der Waals surface area contributed by atoms with E-state index >= 15 is 0 Å². The van der Waals surface area contributed by atoms with Crippen LogP contribution in [0.3, 0.4) is 0 Å². The Kier molecular flexibility index (Phi) is 8.59. The predicted octanol–water partition coefficient (Wildman–Crippen LogP) is 6.73. The number of carbonyl (C=O) groups excluding carboxylic acids is 2. The van der Waals surface area contributed by atoms with Gasteiger partial charge >= 0.3 is 0 Å². The molecule has 1 fully saturated rings. The maximum Gasteiger partial charge on any atom is 0.262 e. The first-order chi connectivity index (χ1) is 17.3. The van der Waals surface area contributed by atoms with Gasteiger partial charge in [0.1, 0.15) is 11.9 Å². The number of aryl methyl sites for hydroxylation is 1.